The average molecular weight is 565 g/mol. The number of nitrogens with zero attached hydrogens (tertiary/aromatic N) is 1. The maximum atomic E-state index is 13.9. The Labute approximate surface area is 233 Å². The number of ketones is 2. The zero-order valence-electron chi connectivity index (χ0n) is 22.0. The van der Waals surface area contributed by atoms with Crippen molar-refractivity contribution in [2.45, 2.75) is 36.7 Å². The van der Waals surface area contributed by atoms with Gasteiger partial charge in [-0.05, 0) is 61.2 Å². The third-order valence-electron chi connectivity index (χ3n) is 7.97. The molecule has 6 N–H and O–H groups in total. The fourth-order valence-corrected chi connectivity index (χ4v) is 6.74. The topological polar surface area (TPSA) is 178 Å². The first kappa shape index (κ1) is 27.5. The van der Waals surface area contributed by atoms with Gasteiger partial charge in [-0.1, -0.05) is 17.7 Å². The van der Waals surface area contributed by atoms with E-state index < -0.39 is 62.9 Å². The van der Waals surface area contributed by atoms with Gasteiger partial charge in [0.1, 0.15) is 22.8 Å². The lowest BCUT2D eigenvalue weighted by molar-refractivity contribution is -0.144. The van der Waals surface area contributed by atoms with Gasteiger partial charge in [0, 0.05) is 42.6 Å². The third kappa shape index (κ3) is 3.99. The minimum absolute atomic E-state index is 0.0283. The number of carbonyl (C=O) groups is 4. The molecule has 0 saturated heterocycles. The lowest BCUT2D eigenvalue weighted by Gasteiger charge is -2.45. The van der Waals surface area contributed by atoms with Crippen LogP contribution >= 0.6 is 11.8 Å². The standard InChI is InChI=1S/C29H28N2O8S/c1-12-4-6-15(7-5-12)40-28(38)17-11-18(31(2)3)16-9-13-8-14-10-19(32)22(27(30)37)26(36)29(14,39)25(35)20(13)24(34)21(16)23(17)33/h4-7,11,13-14,32-33,35,39H,8-10H2,1-3H3,(H2,30,37)/t13-,14+,29+/m1/s1. The zero-order chi connectivity index (χ0) is 29.3. The summed E-state index contributed by atoms with van der Waals surface area (Å²) in [4.78, 5) is 54.6. The van der Waals surface area contributed by atoms with Gasteiger partial charge in [0.05, 0.1) is 11.1 Å². The summed E-state index contributed by atoms with van der Waals surface area (Å²) < 4.78 is 0. The van der Waals surface area contributed by atoms with Crippen molar-refractivity contribution in [3.63, 3.8) is 0 Å². The minimum atomic E-state index is -2.65. The van der Waals surface area contributed by atoms with E-state index in [0.29, 0.717) is 16.1 Å². The molecule has 1 amide bonds. The molecule has 0 aromatic heterocycles. The number of aliphatic hydroxyl groups is 3. The second kappa shape index (κ2) is 9.53. The monoisotopic (exact) mass is 564 g/mol. The molecule has 0 unspecified atom stereocenters. The molecule has 0 aliphatic heterocycles. The van der Waals surface area contributed by atoms with Crippen molar-refractivity contribution in [3.8, 4) is 5.75 Å². The SMILES string of the molecule is Cc1ccc(SC(=O)c2cc(N(C)C)c3c(c2O)C(=O)C2=C(O)[C@]4(O)C(=O)C(C(N)=O)=C(O)C[C@@H]4C[C@@H]2C3)cc1. The van der Waals surface area contributed by atoms with Crippen LogP contribution in [0.4, 0.5) is 5.69 Å². The highest BCUT2D eigenvalue weighted by atomic mass is 32.2. The maximum absolute atomic E-state index is 13.9. The molecule has 3 aliphatic rings. The third-order valence-corrected chi connectivity index (χ3v) is 8.88. The Kier molecular flexibility index (Phi) is 6.54. The molecule has 5 rings (SSSR count). The van der Waals surface area contributed by atoms with Gasteiger partial charge in [0.15, 0.2) is 11.4 Å². The summed E-state index contributed by atoms with van der Waals surface area (Å²) in [5.74, 6) is -7.14. The van der Waals surface area contributed by atoms with E-state index in [1.54, 1.807) is 31.1 Å². The lowest BCUT2D eigenvalue weighted by atomic mass is 9.60. The number of thioether (sulfide) groups is 1. The average Bonchev–Trinajstić information content (AvgIpc) is 2.87. The van der Waals surface area contributed by atoms with Crippen LogP contribution in [0.25, 0.3) is 0 Å². The molecule has 3 atom stereocenters. The fraction of sp³-hybridized carbons (Fsp3) is 0.310. The number of allylic oxidation sites excluding steroid dienone is 2. The number of fused-ring (bicyclic) bond motifs is 3. The molecule has 0 bridgehead atoms. The number of hydrogen-bond donors (Lipinski definition) is 5. The Morgan fingerprint density at radius 1 is 1.07 bits per heavy atom. The second-order valence-corrected chi connectivity index (χ2v) is 11.7. The van der Waals surface area contributed by atoms with Crippen molar-refractivity contribution in [3.05, 3.63) is 75.3 Å². The van der Waals surface area contributed by atoms with Gasteiger partial charge in [0.2, 0.25) is 10.9 Å². The maximum Gasteiger partial charge on any atom is 0.255 e. The number of nitrogens with two attached hydrogens (primary N) is 1. The second-order valence-electron chi connectivity index (χ2n) is 10.7. The van der Waals surface area contributed by atoms with Crippen LogP contribution in [-0.2, 0) is 16.0 Å². The van der Waals surface area contributed by atoms with E-state index in [4.69, 9.17) is 5.73 Å². The number of anilines is 1. The summed E-state index contributed by atoms with van der Waals surface area (Å²) in [6.07, 6.45) is -0.125. The summed E-state index contributed by atoms with van der Waals surface area (Å²) >= 11 is 0.886. The molecule has 11 heteroatoms. The number of hydrogen-bond acceptors (Lipinski definition) is 10. The van der Waals surface area contributed by atoms with E-state index in [9.17, 15) is 39.6 Å². The van der Waals surface area contributed by atoms with Gasteiger partial charge in [-0.3, -0.25) is 19.2 Å². The van der Waals surface area contributed by atoms with Gasteiger partial charge in [-0.15, -0.1) is 0 Å². The number of rotatable bonds is 4. The molecule has 2 aromatic carbocycles. The van der Waals surface area contributed by atoms with Crippen LogP contribution < -0.4 is 10.6 Å². The highest BCUT2D eigenvalue weighted by Gasteiger charge is 2.59. The van der Waals surface area contributed by atoms with Crippen LogP contribution in [0.3, 0.4) is 0 Å². The van der Waals surface area contributed by atoms with Gasteiger partial charge < -0.3 is 31.1 Å². The molecule has 0 radical (unpaired) electrons. The van der Waals surface area contributed by atoms with E-state index in [2.05, 4.69) is 0 Å². The molecule has 0 heterocycles. The Morgan fingerprint density at radius 2 is 1.73 bits per heavy atom. The molecule has 10 nitrogen and oxygen atoms in total. The number of benzene rings is 2. The van der Waals surface area contributed by atoms with E-state index >= 15 is 0 Å². The smallest absolute Gasteiger partial charge is 0.255 e. The molecule has 40 heavy (non-hydrogen) atoms. The molecular formula is C29H28N2O8S. The Morgan fingerprint density at radius 3 is 2.33 bits per heavy atom. The predicted octanol–water partition coefficient (Wildman–Crippen LogP) is 2.89. The zero-order valence-corrected chi connectivity index (χ0v) is 22.8. The van der Waals surface area contributed by atoms with Crippen LogP contribution in [0.15, 0.2) is 57.9 Å². The van der Waals surface area contributed by atoms with Crippen LogP contribution in [0.2, 0.25) is 0 Å². The first-order valence-corrected chi connectivity index (χ1v) is 13.4. The van der Waals surface area contributed by atoms with Crippen molar-refractivity contribution in [2.75, 3.05) is 19.0 Å². The van der Waals surface area contributed by atoms with Crippen molar-refractivity contribution >= 4 is 40.0 Å². The highest BCUT2D eigenvalue weighted by molar-refractivity contribution is 8.14. The first-order valence-electron chi connectivity index (χ1n) is 12.6. The molecule has 208 valence electrons. The van der Waals surface area contributed by atoms with E-state index in [0.717, 1.165) is 17.3 Å². The van der Waals surface area contributed by atoms with Gasteiger partial charge in [0.25, 0.3) is 5.91 Å². The summed E-state index contributed by atoms with van der Waals surface area (Å²) in [5, 5.41) is 43.7. The van der Waals surface area contributed by atoms with Crippen molar-refractivity contribution in [1.29, 1.82) is 0 Å². The van der Waals surface area contributed by atoms with E-state index in [-0.39, 0.29) is 36.0 Å². The van der Waals surface area contributed by atoms with Crippen molar-refractivity contribution in [2.24, 2.45) is 17.6 Å². The normalized spacial score (nSPS) is 23.9. The fourth-order valence-electron chi connectivity index (χ4n) is 5.99. The van der Waals surface area contributed by atoms with Gasteiger partial charge in [-0.25, -0.2) is 0 Å². The van der Waals surface area contributed by atoms with Crippen LogP contribution in [-0.4, -0.2) is 62.7 Å². The summed E-state index contributed by atoms with van der Waals surface area (Å²) in [7, 11) is 3.46. The highest BCUT2D eigenvalue weighted by Crippen LogP contribution is 2.53. The predicted molar refractivity (Wildman–Crippen MR) is 147 cm³/mol. The molecular weight excluding hydrogens is 536 g/mol. The number of aliphatic hydroxyl groups excluding tert-OH is 2. The summed E-state index contributed by atoms with van der Waals surface area (Å²) in [5.41, 5.74) is 3.17. The van der Waals surface area contributed by atoms with Crippen LogP contribution in [0, 0.1) is 18.8 Å². The van der Waals surface area contributed by atoms with E-state index in [1.807, 2.05) is 19.1 Å². The number of aryl methyl sites for hydroxylation is 1. The number of carbonyl (C=O) groups excluding carboxylic acids is 4. The number of primary amides is 1. The molecule has 3 aliphatic carbocycles. The Hall–Kier alpha value is -4.09. The van der Waals surface area contributed by atoms with Gasteiger partial charge in [-0.2, -0.15) is 0 Å². The number of amides is 1. The number of aromatic hydroxyl groups is 1. The summed E-state index contributed by atoms with van der Waals surface area (Å²) in [6, 6.07) is 8.76. The first-order chi connectivity index (χ1) is 18.8. The quantitative estimate of drug-likeness (QED) is 0.274. The van der Waals surface area contributed by atoms with Gasteiger partial charge >= 0.3 is 0 Å². The van der Waals surface area contributed by atoms with Crippen LogP contribution in [0.5, 0.6) is 5.75 Å². The number of phenols is 1. The van der Waals surface area contributed by atoms with Crippen molar-refractivity contribution in [1.82, 2.24) is 0 Å². The number of phenolic OH excluding ortho intramolecular Hbond substituents is 1. The molecule has 0 saturated carbocycles. The summed E-state index contributed by atoms with van der Waals surface area (Å²) in [6.45, 7) is 1.91. The Bertz CT molecular complexity index is 1570. The largest absolute Gasteiger partial charge is 0.511 e. The number of Topliss-reactive ketones (excluding diaryl/α,β-unsaturated/α-hetero) is 2. The van der Waals surface area contributed by atoms with E-state index in [1.165, 1.54) is 6.07 Å². The van der Waals surface area contributed by atoms with Crippen LogP contribution in [0.1, 0.15) is 44.7 Å². The molecule has 0 spiro atoms. The minimum Gasteiger partial charge on any atom is -0.511 e. The molecule has 0 fully saturated rings. The Balaban J connectivity index is 1.64. The molecule has 2 aromatic rings. The van der Waals surface area contributed by atoms with Crippen molar-refractivity contribution < 1.29 is 39.6 Å². The lowest BCUT2D eigenvalue weighted by Crippen LogP contribution is -2.57.